The van der Waals surface area contributed by atoms with Gasteiger partial charge in [-0.3, -0.25) is 0 Å². The summed E-state index contributed by atoms with van der Waals surface area (Å²) in [5.74, 6) is 0.499. The average molecular weight is 329 g/mol. The lowest BCUT2D eigenvalue weighted by atomic mass is 10.3. The van der Waals surface area contributed by atoms with Crippen LogP contribution in [0.25, 0.3) is 0 Å². The highest BCUT2D eigenvalue weighted by molar-refractivity contribution is 5.32. The largest absolute Gasteiger partial charge is 0.573 e. The minimum atomic E-state index is -4.72. The maximum Gasteiger partial charge on any atom is 0.573 e. The maximum absolute atomic E-state index is 12.0. The van der Waals surface area contributed by atoms with Crippen molar-refractivity contribution in [3.8, 4) is 11.5 Å². The first kappa shape index (κ1) is 16.6. The second-order valence-corrected chi connectivity index (χ2v) is 4.54. The number of benzene rings is 1. The van der Waals surface area contributed by atoms with E-state index in [1.54, 1.807) is 0 Å². The average Bonchev–Trinajstić information content (AvgIpc) is 2.45. The standard InChI is InChI=1S/C13H14F3N5O2/c1-8(20-12-19-7-18-11(17)21-12)6-22-9-2-4-10(5-3-9)23-13(14,15)16/h2-5,7-8H,6H2,1H3,(H3,17,18,19,20,21). The second kappa shape index (κ2) is 6.99. The van der Waals surface area contributed by atoms with Crippen molar-refractivity contribution in [3.63, 3.8) is 0 Å². The lowest BCUT2D eigenvalue weighted by molar-refractivity contribution is -0.274. The molecule has 0 radical (unpaired) electrons. The van der Waals surface area contributed by atoms with E-state index in [1.807, 2.05) is 6.92 Å². The van der Waals surface area contributed by atoms with Gasteiger partial charge in [0.05, 0.1) is 6.04 Å². The molecule has 1 aromatic heterocycles. The minimum absolute atomic E-state index is 0.0934. The molecule has 2 rings (SSSR count). The van der Waals surface area contributed by atoms with Crippen LogP contribution in [0.5, 0.6) is 11.5 Å². The number of rotatable bonds is 6. The Morgan fingerprint density at radius 2 is 1.83 bits per heavy atom. The van der Waals surface area contributed by atoms with Crippen molar-refractivity contribution in [2.75, 3.05) is 17.7 Å². The van der Waals surface area contributed by atoms with Gasteiger partial charge in [0.25, 0.3) is 0 Å². The molecule has 1 unspecified atom stereocenters. The van der Waals surface area contributed by atoms with E-state index in [9.17, 15) is 13.2 Å². The molecule has 7 nitrogen and oxygen atoms in total. The summed E-state index contributed by atoms with van der Waals surface area (Å²) in [6.45, 7) is 2.06. The van der Waals surface area contributed by atoms with E-state index in [4.69, 9.17) is 10.5 Å². The van der Waals surface area contributed by atoms with Crippen molar-refractivity contribution in [1.82, 2.24) is 15.0 Å². The Morgan fingerprint density at radius 1 is 1.17 bits per heavy atom. The van der Waals surface area contributed by atoms with Gasteiger partial charge in [0.2, 0.25) is 11.9 Å². The summed E-state index contributed by atoms with van der Waals surface area (Å²) >= 11 is 0. The molecule has 10 heteroatoms. The first-order valence-electron chi connectivity index (χ1n) is 6.51. The van der Waals surface area contributed by atoms with Gasteiger partial charge >= 0.3 is 6.36 Å². The van der Waals surface area contributed by atoms with Crippen molar-refractivity contribution in [2.45, 2.75) is 19.3 Å². The van der Waals surface area contributed by atoms with Gasteiger partial charge in [-0.25, -0.2) is 9.97 Å². The zero-order valence-corrected chi connectivity index (χ0v) is 12.0. The molecular formula is C13H14F3N5O2. The quantitative estimate of drug-likeness (QED) is 0.839. The smallest absolute Gasteiger partial charge is 0.491 e. The molecule has 0 saturated carbocycles. The normalized spacial score (nSPS) is 12.5. The Labute approximate surface area is 129 Å². The highest BCUT2D eigenvalue weighted by Crippen LogP contribution is 2.24. The molecule has 0 fully saturated rings. The summed E-state index contributed by atoms with van der Waals surface area (Å²) in [4.78, 5) is 11.4. The molecule has 0 aliphatic rings. The number of nitrogens with two attached hydrogens (primary N) is 1. The highest BCUT2D eigenvalue weighted by atomic mass is 19.4. The fourth-order valence-corrected chi connectivity index (χ4v) is 1.60. The summed E-state index contributed by atoms with van der Waals surface area (Å²) in [5, 5.41) is 2.95. The molecule has 1 heterocycles. The molecule has 0 saturated heterocycles. The van der Waals surface area contributed by atoms with E-state index < -0.39 is 6.36 Å². The van der Waals surface area contributed by atoms with Gasteiger partial charge in [0, 0.05) is 0 Å². The second-order valence-electron chi connectivity index (χ2n) is 4.54. The van der Waals surface area contributed by atoms with Crippen molar-refractivity contribution in [3.05, 3.63) is 30.6 Å². The topological polar surface area (TPSA) is 95.2 Å². The van der Waals surface area contributed by atoms with Crippen molar-refractivity contribution < 1.29 is 22.6 Å². The van der Waals surface area contributed by atoms with E-state index in [0.29, 0.717) is 11.7 Å². The SMILES string of the molecule is CC(COc1ccc(OC(F)(F)F)cc1)Nc1ncnc(N)n1. The third kappa shape index (κ3) is 5.85. The number of alkyl halides is 3. The summed E-state index contributed by atoms with van der Waals surface area (Å²) in [5.41, 5.74) is 5.43. The number of nitrogens with one attached hydrogen (secondary N) is 1. The van der Waals surface area contributed by atoms with Crippen LogP contribution < -0.4 is 20.5 Å². The molecule has 0 amide bonds. The predicted octanol–water partition coefficient (Wildman–Crippen LogP) is 2.23. The van der Waals surface area contributed by atoms with Crippen molar-refractivity contribution >= 4 is 11.9 Å². The fraction of sp³-hybridized carbons (Fsp3) is 0.308. The Hall–Kier alpha value is -2.78. The van der Waals surface area contributed by atoms with Crippen LogP contribution in [-0.2, 0) is 0 Å². The third-order valence-corrected chi connectivity index (χ3v) is 2.52. The molecule has 0 bridgehead atoms. The Kier molecular flexibility index (Phi) is 5.04. The van der Waals surface area contributed by atoms with Gasteiger partial charge in [-0.05, 0) is 31.2 Å². The summed E-state index contributed by atoms with van der Waals surface area (Å²) < 4.78 is 45.4. The van der Waals surface area contributed by atoms with Gasteiger partial charge in [-0.2, -0.15) is 4.98 Å². The number of hydrogen-bond acceptors (Lipinski definition) is 7. The fourth-order valence-electron chi connectivity index (χ4n) is 1.60. The Morgan fingerprint density at radius 3 is 2.43 bits per heavy atom. The zero-order chi connectivity index (χ0) is 16.9. The van der Waals surface area contributed by atoms with Crippen LogP contribution in [0.4, 0.5) is 25.1 Å². The van der Waals surface area contributed by atoms with Gasteiger partial charge < -0.3 is 20.5 Å². The molecule has 2 aromatic rings. The predicted molar refractivity (Wildman–Crippen MR) is 75.9 cm³/mol. The van der Waals surface area contributed by atoms with E-state index >= 15 is 0 Å². The van der Waals surface area contributed by atoms with E-state index in [-0.39, 0.29) is 24.3 Å². The number of halogens is 3. The molecule has 1 aromatic carbocycles. The third-order valence-electron chi connectivity index (χ3n) is 2.52. The monoisotopic (exact) mass is 329 g/mol. The molecule has 23 heavy (non-hydrogen) atoms. The molecule has 0 spiro atoms. The number of nitrogen functional groups attached to an aromatic ring is 1. The number of anilines is 2. The van der Waals surface area contributed by atoms with E-state index in [0.717, 1.165) is 0 Å². The number of hydrogen-bond donors (Lipinski definition) is 2. The first-order valence-corrected chi connectivity index (χ1v) is 6.51. The molecular weight excluding hydrogens is 315 g/mol. The number of nitrogens with zero attached hydrogens (tertiary/aromatic N) is 3. The Balaban J connectivity index is 1.83. The van der Waals surface area contributed by atoms with Crippen LogP contribution in [-0.4, -0.2) is 34.0 Å². The van der Waals surface area contributed by atoms with Gasteiger partial charge in [-0.15, -0.1) is 13.2 Å². The number of aromatic nitrogens is 3. The summed E-state index contributed by atoms with van der Waals surface area (Å²) in [7, 11) is 0. The zero-order valence-electron chi connectivity index (χ0n) is 12.0. The van der Waals surface area contributed by atoms with Crippen LogP contribution in [0.1, 0.15) is 6.92 Å². The summed E-state index contributed by atoms with van der Waals surface area (Å²) in [6.07, 6.45) is -3.44. The van der Waals surface area contributed by atoms with Crippen LogP contribution in [0, 0.1) is 0 Å². The first-order chi connectivity index (χ1) is 10.8. The van der Waals surface area contributed by atoms with Crippen LogP contribution in [0.15, 0.2) is 30.6 Å². The molecule has 0 aliphatic carbocycles. The van der Waals surface area contributed by atoms with E-state index in [1.165, 1.54) is 30.6 Å². The Bertz CT molecular complexity index is 636. The lowest BCUT2D eigenvalue weighted by Crippen LogP contribution is -2.25. The molecule has 1 atom stereocenters. The maximum atomic E-state index is 12.0. The molecule has 0 aliphatic heterocycles. The van der Waals surface area contributed by atoms with Gasteiger partial charge in [0.1, 0.15) is 24.4 Å². The van der Waals surface area contributed by atoms with Gasteiger partial charge in [-0.1, -0.05) is 0 Å². The highest BCUT2D eigenvalue weighted by Gasteiger charge is 2.30. The van der Waals surface area contributed by atoms with Crippen molar-refractivity contribution in [2.24, 2.45) is 0 Å². The number of ether oxygens (including phenoxy) is 2. The van der Waals surface area contributed by atoms with Crippen LogP contribution in [0.3, 0.4) is 0 Å². The molecule has 3 N–H and O–H groups in total. The van der Waals surface area contributed by atoms with Gasteiger partial charge in [0.15, 0.2) is 0 Å². The van der Waals surface area contributed by atoms with Crippen molar-refractivity contribution in [1.29, 1.82) is 0 Å². The van der Waals surface area contributed by atoms with Crippen LogP contribution >= 0.6 is 0 Å². The lowest BCUT2D eigenvalue weighted by Gasteiger charge is -2.15. The van der Waals surface area contributed by atoms with E-state index in [2.05, 4.69) is 25.0 Å². The van der Waals surface area contributed by atoms with Crippen LogP contribution in [0.2, 0.25) is 0 Å². The molecule has 124 valence electrons. The minimum Gasteiger partial charge on any atom is -0.491 e. The summed E-state index contributed by atoms with van der Waals surface area (Å²) in [6, 6.07) is 4.95.